The molecular weight excluding hydrogens is 412 g/mol. The number of amides is 1. The molecule has 1 fully saturated rings. The van der Waals surface area contributed by atoms with Crippen molar-refractivity contribution in [3.8, 4) is 5.75 Å². The molecule has 0 N–H and O–H groups in total. The second-order valence-corrected chi connectivity index (χ2v) is 9.84. The molecule has 0 saturated carbocycles. The Labute approximate surface area is 183 Å². The number of sulfonamides is 1. The molecule has 0 spiro atoms. The van der Waals surface area contributed by atoms with E-state index in [2.05, 4.69) is 0 Å². The quantitative estimate of drug-likeness (QED) is 0.613. The molecule has 0 atom stereocenters. The Kier molecular flexibility index (Phi) is 5.98. The SMILES string of the molecule is Cc1cc(C)cc(OCC(=O)N2CCN(S(=O)(=O)c3ccc4ccccc4c3)CC2)c1. The highest BCUT2D eigenvalue weighted by molar-refractivity contribution is 7.89. The minimum atomic E-state index is -3.60. The number of ether oxygens (including phenoxy) is 1. The number of piperazine rings is 1. The van der Waals surface area contributed by atoms with Crippen LogP contribution in [0, 0.1) is 13.8 Å². The summed E-state index contributed by atoms with van der Waals surface area (Å²) < 4.78 is 33.3. The lowest BCUT2D eigenvalue weighted by Crippen LogP contribution is -2.51. The van der Waals surface area contributed by atoms with E-state index in [-0.39, 0.29) is 30.5 Å². The van der Waals surface area contributed by atoms with E-state index in [1.54, 1.807) is 17.0 Å². The largest absolute Gasteiger partial charge is 0.484 e. The summed E-state index contributed by atoms with van der Waals surface area (Å²) in [6.45, 7) is 5.15. The van der Waals surface area contributed by atoms with Gasteiger partial charge in [0.15, 0.2) is 6.61 Å². The van der Waals surface area contributed by atoms with Gasteiger partial charge in [-0.1, -0.05) is 36.4 Å². The average molecular weight is 439 g/mol. The number of hydrogen-bond acceptors (Lipinski definition) is 4. The van der Waals surface area contributed by atoms with Gasteiger partial charge in [0.2, 0.25) is 10.0 Å². The summed E-state index contributed by atoms with van der Waals surface area (Å²) in [6.07, 6.45) is 0. The molecule has 7 heteroatoms. The predicted octanol–water partition coefficient (Wildman–Crippen LogP) is 3.37. The molecule has 1 amide bonds. The van der Waals surface area contributed by atoms with E-state index in [1.165, 1.54) is 4.31 Å². The Morgan fingerprint density at radius 2 is 1.52 bits per heavy atom. The summed E-state index contributed by atoms with van der Waals surface area (Å²) in [6, 6.07) is 18.7. The number of nitrogens with zero attached hydrogens (tertiary/aromatic N) is 2. The van der Waals surface area contributed by atoms with Gasteiger partial charge in [0.05, 0.1) is 4.90 Å². The van der Waals surface area contributed by atoms with Crippen LogP contribution in [0.5, 0.6) is 5.75 Å². The summed E-state index contributed by atoms with van der Waals surface area (Å²) in [4.78, 5) is 14.5. The van der Waals surface area contributed by atoms with E-state index >= 15 is 0 Å². The lowest BCUT2D eigenvalue weighted by Gasteiger charge is -2.34. The zero-order valence-corrected chi connectivity index (χ0v) is 18.6. The minimum absolute atomic E-state index is 0.0552. The van der Waals surface area contributed by atoms with Crippen LogP contribution < -0.4 is 4.74 Å². The highest BCUT2D eigenvalue weighted by atomic mass is 32.2. The van der Waals surface area contributed by atoms with E-state index in [4.69, 9.17) is 4.74 Å². The summed E-state index contributed by atoms with van der Waals surface area (Å²) in [5.74, 6) is 0.533. The first kappa shape index (κ1) is 21.3. The van der Waals surface area contributed by atoms with E-state index in [9.17, 15) is 13.2 Å². The summed E-state index contributed by atoms with van der Waals surface area (Å²) in [5.41, 5.74) is 2.16. The molecule has 1 heterocycles. The number of hydrogen-bond donors (Lipinski definition) is 0. The minimum Gasteiger partial charge on any atom is -0.484 e. The van der Waals surface area contributed by atoms with Gasteiger partial charge in [-0.05, 0) is 60.0 Å². The number of rotatable bonds is 5. The number of carbonyl (C=O) groups is 1. The number of carbonyl (C=O) groups excluding carboxylic acids is 1. The zero-order chi connectivity index (χ0) is 22.0. The summed E-state index contributed by atoms with van der Waals surface area (Å²) >= 11 is 0. The van der Waals surface area contributed by atoms with Crippen molar-refractivity contribution in [3.05, 3.63) is 71.8 Å². The van der Waals surface area contributed by atoms with Crippen molar-refractivity contribution in [1.82, 2.24) is 9.21 Å². The van der Waals surface area contributed by atoms with Crippen molar-refractivity contribution in [2.45, 2.75) is 18.7 Å². The fraction of sp³-hybridized carbons (Fsp3) is 0.292. The van der Waals surface area contributed by atoms with Crippen LogP contribution in [0.1, 0.15) is 11.1 Å². The third-order valence-electron chi connectivity index (χ3n) is 5.51. The molecule has 1 aliphatic rings. The Balaban J connectivity index is 1.37. The van der Waals surface area contributed by atoms with Crippen LogP contribution in [-0.4, -0.2) is 56.3 Å². The zero-order valence-electron chi connectivity index (χ0n) is 17.7. The van der Waals surface area contributed by atoms with Gasteiger partial charge in [0.1, 0.15) is 5.75 Å². The standard InChI is InChI=1S/C24H26N2O4S/c1-18-13-19(2)15-22(14-18)30-17-24(27)25-9-11-26(12-10-25)31(28,29)23-8-7-20-5-3-4-6-21(20)16-23/h3-8,13-16H,9-12,17H2,1-2H3. The van der Waals surface area contributed by atoms with Gasteiger partial charge in [-0.2, -0.15) is 4.31 Å². The number of fused-ring (bicyclic) bond motifs is 1. The molecule has 0 bridgehead atoms. The van der Waals surface area contributed by atoms with Crippen LogP contribution >= 0.6 is 0 Å². The van der Waals surface area contributed by atoms with Crippen molar-refractivity contribution in [1.29, 1.82) is 0 Å². The molecule has 0 aromatic heterocycles. The Bertz CT molecular complexity index is 1190. The lowest BCUT2D eigenvalue weighted by atomic mass is 10.1. The monoisotopic (exact) mass is 438 g/mol. The van der Waals surface area contributed by atoms with Crippen molar-refractivity contribution in [3.63, 3.8) is 0 Å². The van der Waals surface area contributed by atoms with Crippen LogP contribution in [-0.2, 0) is 14.8 Å². The van der Waals surface area contributed by atoms with Gasteiger partial charge in [0, 0.05) is 26.2 Å². The molecule has 0 unspecified atom stereocenters. The maximum Gasteiger partial charge on any atom is 0.260 e. The predicted molar refractivity (Wildman–Crippen MR) is 121 cm³/mol. The topological polar surface area (TPSA) is 66.9 Å². The van der Waals surface area contributed by atoms with Crippen molar-refractivity contribution < 1.29 is 17.9 Å². The first-order valence-electron chi connectivity index (χ1n) is 10.3. The summed E-state index contributed by atoms with van der Waals surface area (Å²) in [7, 11) is -3.60. The molecule has 1 saturated heterocycles. The van der Waals surface area contributed by atoms with Gasteiger partial charge in [-0.3, -0.25) is 4.79 Å². The molecular formula is C24H26N2O4S. The Morgan fingerprint density at radius 3 is 2.19 bits per heavy atom. The normalized spacial score (nSPS) is 15.2. The van der Waals surface area contributed by atoms with Gasteiger partial charge in [-0.25, -0.2) is 8.42 Å². The van der Waals surface area contributed by atoms with Gasteiger partial charge in [-0.15, -0.1) is 0 Å². The Morgan fingerprint density at radius 1 is 0.871 bits per heavy atom. The molecule has 31 heavy (non-hydrogen) atoms. The molecule has 6 nitrogen and oxygen atoms in total. The van der Waals surface area contributed by atoms with Gasteiger partial charge >= 0.3 is 0 Å². The van der Waals surface area contributed by atoms with Gasteiger partial charge < -0.3 is 9.64 Å². The second-order valence-electron chi connectivity index (χ2n) is 7.91. The first-order valence-corrected chi connectivity index (χ1v) is 11.7. The van der Waals surface area contributed by atoms with Crippen LogP contribution in [0.4, 0.5) is 0 Å². The van der Waals surface area contributed by atoms with E-state index in [0.29, 0.717) is 18.8 Å². The molecule has 3 aromatic carbocycles. The van der Waals surface area contributed by atoms with Crippen LogP contribution in [0.2, 0.25) is 0 Å². The third kappa shape index (κ3) is 4.73. The maximum atomic E-state index is 13.1. The van der Waals surface area contributed by atoms with Crippen LogP contribution in [0.15, 0.2) is 65.6 Å². The van der Waals surface area contributed by atoms with Gasteiger partial charge in [0.25, 0.3) is 5.91 Å². The van der Waals surface area contributed by atoms with E-state index in [0.717, 1.165) is 21.9 Å². The molecule has 3 aromatic rings. The number of aryl methyl sites for hydroxylation is 2. The van der Waals surface area contributed by atoms with Crippen molar-refractivity contribution in [2.75, 3.05) is 32.8 Å². The Hall–Kier alpha value is -2.90. The van der Waals surface area contributed by atoms with Crippen molar-refractivity contribution >= 4 is 26.7 Å². The lowest BCUT2D eigenvalue weighted by molar-refractivity contribution is -0.134. The van der Waals surface area contributed by atoms with E-state index < -0.39 is 10.0 Å². The van der Waals surface area contributed by atoms with Crippen LogP contribution in [0.25, 0.3) is 10.8 Å². The molecule has 4 rings (SSSR count). The highest BCUT2D eigenvalue weighted by Crippen LogP contribution is 2.23. The molecule has 0 radical (unpaired) electrons. The maximum absolute atomic E-state index is 13.1. The molecule has 0 aliphatic carbocycles. The van der Waals surface area contributed by atoms with Crippen molar-refractivity contribution in [2.24, 2.45) is 0 Å². The third-order valence-corrected chi connectivity index (χ3v) is 7.40. The summed E-state index contributed by atoms with van der Waals surface area (Å²) in [5, 5.41) is 1.89. The second kappa shape index (κ2) is 8.69. The number of benzene rings is 3. The molecule has 162 valence electrons. The fourth-order valence-corrected chi connectivity index (χ4v) is 5.37. The highest BCUT2D eigenvalue weighted by Gasteiger charge is 2.30. The average Bonchev–Trinajstić information content (AvgIpc) is 2.76. The fourth-order valence-electron chi connectivity index (χ4n) is 3.91. The smallest absolute Gasteiger partial charge is 0.260 e. The van der Waals surface area contributed by atoms with E-state index in [1.807, 2.05) is 62.4 Å². The first-order chi connectivity index (χ1) is 14.8. The molecule has 1 aliphatic heterocycles. The van der Waals surface area contributed by atoms with Crippen LogP contribution in [0.3, 0.4) is 0 Å².